The van der Waals surface area contributed by atoms with E-state index in [1.807, 2.05) is 60.7 Å². The topological polar surface area (TPSA) is 58.6 Å². The maximum atomic E-state index is 12.3. The Morgan fingerprint density at radius 2 is 1.32 bits per heavy atom. The van der Waals surface area contributed by atoms with E-state index >= 15 is 0 Å². The minimum atomic E-state index is -0.207. The number of H-pyrrole nitrogens is 1. The van der Waals surface area contributed by atoms with Gasteiger partial charge < -0.3 is 0 Å². The minimum Gasteiger partial charge on any atom is -0.286 e. The zero-order valence-electron chi connectivity index (χ0n) is 13.4. The number of nitrogens with one attached hydrogen (secondary N) is 1. The first-order valence-corrected chi connectivity index (χ1v) is 7.99. The van der Waals surface area contributed by atoms with Crippen molar-refractivity contribution in [3.05, 3.63) is 95.3 Å². The highest BCUT2D eigenvalue weighted by Gasteiger charge is 2.16. The molecule has 4 nitrogen and oxygen atoms in total. The summed E-state index contributed by atoms with van der Waals surface area (Å²) >= 11 is 0. The molecule has 25 heavy (non-hydrogen) atoms. The van der Waals surface area contributed by atoms with Gasteiger partial charge in [0.25, 0.3) is 0 Å². The van der Waals surface area contributed by atoms with Crippen LogP contribution in [-0.4, -0.2) is 15.4 Å². The number of aromatic amines is 1. The molecule has 1 N–H and O–H groups in total. The van der Waals surface area contributed by atoms with Gasteiger partial charge in [-0.05, 0) is 22.3 Å². The highest BCUT2D eigenvalue weighted by atomic mass is 16.1. The quantitative estimate of drug-likeness (QED) is 0.615. The summed E-state index contributed by atoms with van der Waals surface area (Å²) in [5.74, 6) is 0. The summed E-state index contributed by atoms with van der Waals surface area (Å²) in [6.45, 7) is 0. The second-order valence-electron chi connectivity index (χ2n) is 5.64. The van der Waals surface area contributed by atoms with Gasteiger partial charge in [0.2, 0.25) is 5.43 Å². The van der Waals surface area contributed by atoms with Gasteiger partial charge in [-0.2, -0.15) is 15.4 Å². The molecule has 0 saturated heterocycles. The van der Waals surface area contributed by atoms with Crippen LogP contribution >= 0.6 is 0 Å². The fraction of sp³-hybridized carbons (Fsp3) is 0. The lowest BCUT2D eigenvalue weighted by atomic mass is 9.89. The Balaban J connectivity index is 2.06. The summed E-state index contributed by atoms with van der Waals surface area (Å²) in [5.41, 5.74) is 5.12. The summed E-state index contributed by atoms with van der Waals surface area (Å²) < 4.78 is 0. The molecule has 0 bridgehead atoms. The molecule has 0 fully saturated rings. The Morgan fingerprint density at radius 3 is 2.00 bits per heavy atom. The van der Waals surface area contributed by atoms with Crippen molar-refractivity contribution in [3.63, 3.8) is 0 Å². The standard InChI is InChI=1S/C21H15N3O/c25-19-14-22-24-23-21(19)18-13-7-12-17(15-8-3-1-4-9-15)20(18)16-10-5-2-6-11-16/h1-14H,(H,24,25). The lowest BCUT2D eigenvalue weighted by Crippen LogP contribution is -2.09. The summed E-state index contributed by atoms with van der Waals surface area (Å²) in [4.78, 5) is 12.3. The molecule has 0 aliphatic carbocycles. The van der Waals surface area contributed by atoms with Crippen LogP contribution in [0.3, 0.4) is 0 Å². The first kappa shape index (κ1) is 15.0. The van der Waals surface area contributed by atoms with Gasteiger partial charge in [0.1, 0.15) is 5.69 Å². The zero-order valence-corrected chi connectivity index (χ0v) is 13.4. The molecule has 4 heteroatoms. The molecule has 0 unspecified atom stereocenters. The van der Waals surface area contributed by atoms with Crippen LogP contribution in [0.15, 0.2) is 89.9 Å². The molecule has 4 aromatic rings. The molecule has 0 spiro atoms. The number of rotatable bonds is 3. The molecule has 0 aliphatic rings. The van der Waals surface area contributed by atoms with Crippen molar-refractivity contribution in [2.75, 3.05) is 0 Å². The molecule has 0 amide bonds. The second kappa shape index (κ2) is 6.53. The molecule has 0 radical (unpaired) electrons. The van der Waals surface area contributed by atoms with Crippen molar-refractivity contribution >= 4 is 0 Å². The normalized spacial score (nSPS) is 10.6. The van der Waals surface area contributed by atoms with Gasteiger partial charge in [-0.3, -0.25) is 4.79 Å². The van der Waals surface area contributed by atoms with Crippen LogP contribution in [-0.2, 0) is 0 Å². The predicted octanol–water partition coefficient (Wildman–Crippen LogP) is 4.17. The maximum Gasteiger partial charge on any atom is 0.226 e. The highest BCUT2D eigenvalue weighted by Crippen LogP contribution is 2.38. The fourth-order valence-electron chi connectivity index (χ4n) is 3.00. The van der Waals surface area contributed by atoms with Crippen molar-refractivity contribution in [1.29, 1.82) is 0 Å². The SMILES string of the molecule is O=c1cn[nH]nc1-c1cccc(-c2ccccc2)c1-c1ccccc1. The average Bonchev–Trinajstić information content (AvgIpc) is 2.69. The van der Waals surface area contributed by atoms with E-state index in [-0.39, 0.29) is 5.43 Å². The zero-order chi connectivity index (χ0) is 17.1. The summed E-state index contributed by atoms with van der Waals surface area (Å²) in [5, 5.41) is 10.4. The van der Waals surface area contributed by atoms with Gasteiger partial charge in [-0.25, -0.2) is 0 Å². The number of benzene rings is 3. The molecular formula is C21H15N3O. The van der Waals surface area contributed by atoms with Crippen molar-refractivity contribution in [3.8, 4) is 33.5 Å². The maximum absolute atomic E-state index is 12.3. The predicted molar refractivity (Wildman–Crippen MR) is 99.0 cm³/mol. The van der Waals surface area contributed by atoms with E-state index in [0.717, 1.165) is 27.8 Å². The van der Waals surface area contributed by atoms with E-state index in [9.17, 15) is 4.79 Å². The van der Waals surface area contributed by atoms with Crippen LogP contribution in [0, 0.1) is 0 Å². The number of hydrogen-bond donors (Lipinski definition) is 1. The van der Waals surface area contributed by atoms with E-state index in [1.165, 1.54) is 6.20 Å². The van der Waals surface area contributed by atoms with Crippen LogP contribution in [0.5, 0.6) is 0 Å². The van der Waals surface area contributed by atoms with Crippen molar-refractivity contribution in [2.24, 2.45) is 0 Å². The number of aromatic nitrogens is 3. The first-order chi connectivity index (χ1) is 12.3. The van der Waals surface area contributed by atoms with Gasteiger partial charge in [-0.1, -0.05) is 78.9 Å². The Kier molecular flexibility index (Phi) is 3.92. The van der Waals surface area contributed by atoms with Gasteiger partial charge in [-0.15, -0.1) is 0 Å². The second-order valence-corrected chi connectivity index (χ2v) is 5.64. The molecule has 0 saturated carbocycles. The van der Waals surface area contributed by atoms with E-state index in [4.69, 9.17) is 0 Å². The van der Waals surface area contributed by atoms with Crippen molar-refractivity contribution in [1.82, 2.24) is 15.4 Å². The first-order valence-electron chi connectivity index (χ1n) is 7.99. The number of nitrogens with zero attached hydrogens (tertiary/aromatic N) is 2. The minimum absolute atomic E-state index is 0.207. The van der Waals surface area contributed by atoms with Gasteiger partial charge in [0.15, 0.2) is 0 Å². The molecular weight excluding hydrogens is 310 g/mol. The van der Waals surface area contributed by atoms with Crippen molar-refractivity contribution < 1.29 is 0 Å². The fourth-order valence-corrected chi connectivity index (χ4v) is 3.00. The third-order valence-corrected chi connectivity index (χ3v) is 4.10. The summed E-state index contributed by atoms with van der Waals surface area (Å²) in [6, 6.07) is 26.1. The Morgan fingerprint density at radius 1 is 0.680 bits per heavy atom. The highest BCUT2D eigenvalue weighted by molar-refractivity contribution is 5.93. The van der Waals surface area contributed by atoms with E-state index in [2.05, 4.69) is 33.6 Å². The van der Waals surface area contributed by atoms with Crippen LogP contribution in [0.2, 0.25) is 0 Å². The molecule has 120 valence electrons. The van der Waals surface area contributed by atoms with Crippen LogP contribution < -0.4 is 5.43 Å². The van der Waals surface area contributed by atoms with Crippen LogP contribution in [0.25, 0.3) is 33.5 Å². The molecule has 1 aromatic heterocycles. The van der Waals surface area contributed by atoms with E-state index in [1.54, 1.807) is 0 Å². The summed E-state index contributed by atoms with van der Waals surface area (Å²) in [6.07, 6.45) is 1.26. The summed E-state index contributed by atoms with van der Waals surface area (Å²) in [7, 11) is 0. The molecule has 4 rings (SSSR count). The molecule has 0 aliphatic heterocycles. The smallest absolute Gasteiger partial charge is 0.226 e. The Labute approximate surface area is 144 Å². The third-order valence-electron chi connectivity index (χ3n) is 4.10. The monoisotopic (exact) mass is 325 g/mol. The van der Waals surface area contributed by atoms with Crippen LogP contribution in [0.1, 0.15) is 0 Å². The lowest BCUT2D eigenvalue weighted by molar-refractivity contribution is 0.861. The molecule has 1 heterocycles. The van der Waals surface area contributed by atoms with Gasteiger partial charge in [0.05, 0.1) is 6.20 Å². The lowest BCUT2D eigenvalue weighted by Gasteiger charge is -2.15. The Bertz CT molecular complexity index is 1060. The molecule has 0 atom stereocenters. The third kappa shape index (κ3) is 2.85. The molecule has 3 aromatic carbocycles. The average molecular weight is 325 g/mol. The van der Waals surface area contributed by atoms with Crippen molar-refractivity contribution in [2.45, 2.75) is 0 Å². The van der Waals surface area contributed by atoms with E-state index in [0.29, 0.717) is 5.69 Å². The van der Waals surface area contributed by atoms with Gasteiger partial charge >= 0.3 is 0 Å². The van der Waals surface area contributed by atoms with Gasteiger partial charge in [0, 0.05) is 5.56 Å². The van der Waals surface area contributed by atoms with Crippen LogP contribution in [0.4, 0.5) is 0 Å². The van der Waals surface area contributed by atoms with E-state index < -0.39 is 0 Å². The number of hydrogen-bond acceptors (Lipinski definition) is 3. The Hall–Kier alpha value is -3.53. The largest absolute Gasteiger partial charge is 0.286 e.